The molecule has 88 valence electrons. The van der Waals surface area contributed by atoms with E-state index in [2.05, 4.69) is 4.98 Å². The Kier molecular flexibility index (Phi) is 3.25. The number of rotatable bonds is 4. The average molecular weight is 239 g/mol. The topological polar surface area (TPSA) is 59.2 Å². The Morgan fingerprint density at radius 1 is 1.75 bits per heavy atom. The van der Waals surface area contributed by atoms with Crippen LogP contribution in [-0.2, 0) is 0 Å². The molecule has 5 heteroatoms. The van der Waals surface area contributed by atoms with Gasteiger partial charge in [-0.2, -0.15) is 0 Å². The fraction of sp³-hybridized carbons (Fsp3) is 0.636. The van der Waals surface area contributed by atoms with E-state index in [4.69, 9.17) is 5.73 Å². The fourth-order valence-corrected chi connectivity index (χ4v) is 2.75. The predicted molar refractivity (Wildman–Crippen MR) is 64.5 cm³/mol. The number of carbonyl (C=O) groups is 1. The van der Waals surface area contributed by atoms with Crippen molar-refractivity contribution in [2.45, 2.75) is 25.8 Å². The van der Waals surface area contributed by atoms with E-state index >= 15 is 0 Å². The van der Waals surface area contributed by atoms with Crippen LogP contribution < -0.4 is 5.73 Å². The second-order valence-electron chi connectivity index (χ2n) is 4.32. The summed E-state index contributed by atoms with van der Waals surface area (Å²) >= 11 is 1.40. The largest absolute Gasteiger partial charge is 0.336 e. The van der Waals surface area contributed by atoms with E-state index < -0.39 is 0 Å². The van der Waals surface area contributed by atoms with Crippen LogP contribution in [0.4, 0.5) is 0 Å². The van der Waals surface area contributed by atoms with Gasteiger partial charge in [0.15, 0.2) is 0 Å². The summed E-state index contributed by atoms with van der Waals surface area (Å²) in [5.74, 6) is 0.662. The van der Waals surface area contributed by atoms with Crippen LogP contribution in [0.3, 0.4) is 0 Å². The van der Waals surface area contributed by atoms with Crippen molar-refractivity contribution in [3.05, 3.63) is 16.1 Å². The highest BCUT2D eigenvalue weighted by molar-refractivity contribution is 7.11. The Morgan fingerprint density at radius 2 is 2.44 bits per heavy atom. The minimum Gasteiger partial charge on any atom is -0.336 e. The molecule has 0 aliphatic heterocycles. The molecule has 2 N–H and O–H groups in total. The van der Waals surface area contributed by atoms with Crippen molar-refractivity contribution in [2.24, 2.45) is 11.7 Å². The normalized spacial score (nSPS) is 17.2. The lowest BCUT2D eigenvalue weighted by molar-refractivity contribution is 0.0722. The van der Waals surface area contributed by atoms with Gasteiger partial charge < -0.3 is 10.6 Å². The fourth-order valence-electron chi connectivity index (χ4n) is 1.97. The molecule has 0 aromatic carbocycles. The van der Waals surface area contributed by atoms with Gasteiger partial charge >= 0.3 is 0 Å². The van der Waals surface area contributed by atoms with Gasteiger partial charge in [0, 0.05) is 19.6 Å². The van der Waals surface area contributed by atoms with Gasteiger partial charge in [0.05, 0.1) is 11.2 Å². The highest BCUT2D eigenvalue weighted by atomic mass is 32.1. The molecule has 2 rings (SSSR count). The van der Waals surface area contributed by atoms with Gasteiger partial charge in [-0.3, -0.25) is 4.79 Å². The standard InChI is InChI=1S/C11H17N3OS/c1-7-10(16-6-13-7)11(15)14(2)9(5-12)8-3-4-8/h6,8-9H,3-5,12H2,1-2H3. The molecule has 1 aromatic heterocycles. The van der Waals surface area contributed by atoms with Crippen molar-refractivity contribution in [1.29, 1.82) is 0 Å². The molecular formula is C11H17N3OS. The molecule has 1 aromatic rings. The molecular weight excluding hydrogens is 222 g/mol. The number of nitrogens with zero attached hydrogens (tertiary/aromatic N) is 2. The first-order chi connectivity index (χ1) is 7.65. The maximum Gasteiger partial charge on any atom is 0.265 e. The van der Waals surface area contributed by atoms with E-state index in [1.54, 1.807) is 10.4 Å². The number of amides is 1. The Morgan fingerprint density at radius 3 is 2.88 bits per heavy atom. The summed E-state index contributed by atoms with van der Waals surface area (Å²) in [6.45, 7) is 2.41. The third-order valence-corrected chi connectivity index (χ3v) is 4.08. The van der Waals surface area contributed by atoms with E-state index in [9.17, 15) is 4.79 Å². The summed E-state index contributed by atoms with van der Waals surface area (Å²) in [6, 6.07) is 0.189. The summed E-state index contributed by atoms with van der Waals surface area (Å²) in [4.78, 5) is 18.8. The minimum atomic E-state index is 0.0577. The van der Waals surface area contributed by atoms with Crippen LogP contribution in [0.1, 0.15) is 28.2 Å². The van der Waals surface area contributed by atoms with Gasteiger partial charge in [-0.25, -0.2) is 4.98 Å². The molecule has 4 nitrogen and oxygen atoms in total. The van der Waals surface area contributed by atoms with Crippen LogP contribution in [0.15, 0.2) is 5.51 Å². The van der Waals surface area contributed by atoms with Crippen molar-refractivity contribution >= 4 is 17.2 Å². The highest BCUT2D eigenvalue weighted by Crippen LogP contribution is 2.35. The maximum atomic E-state index is 12.2. The lowest BCUT2D eigenvalue weighted by atomic mass is 10.1. The van der Waals surface area contributed by atoms with E-state index in [0.29, 0.717) is 12.5 Å². The monoisotopic (exact) mass is 239 g/mol. The zero-order chi connectivity index (χ0) is 11.7. The van der Waals surface area contributed by atoms with Gasteiger partial charge in [-0.1, -0.05) is 0 Å². The molecule has 1 amide bonds. The summed E-state index contributed by atoms with van der Waals surface area (Å²) in [6.07, 6.45) is 2.39. The van der Waals surface area contributed by atoms with E-state index in [-0.39, 0.29) is 11.9 Å². The second-order valence-corrected chi connectivity index (χ2v) is 5.18. The average Bonchev–Trinajstić information content (AvgIpc) is 3.01. The zero-order valence-electron chi connectivity index (χ0n) is 9.64. The SMILES string of the molecule is Cc1ncsc1C(=O)N(C)C(CN)C1CC1. The maximum absolute atomic E-state index is 12.2. The summed E-state index contributed by atoms with van der Waals surface area (Å²) in [7, 11) is 1.84. The molecule has 16 heavy (non-hydrogen) atoms. The summed E-state index contributed by atoms with van der Waals surface area (Å²) in [5.41, 5.74) is 8.26. The van der Waals surface area contributed by atoms with Gasteiger partial charge in [-0.05, 0) is 25.7 Å². The lowest BCUT2D eigenvalue weighted by Gasteiger charge is -2.26. The Hall–Kier alpha value is -0.940. The number of aryl methyl sites for hydroxylation is 1. The molecule has 1 aliphatic rings. The molecule has 1 saturated carbocycles. The summed E-state index contributed by atoms with van der Waals surface area (Å²) in [5, 5.41) is 0. The van der Waals surface area contributed by atoms with Gasteiger partial charge in [0.25, 0.3) is 5.91 Å². The number of aromatic nitrogens is 1. The summed E-state index contributed by atoms with van der Waals surface area (Å²) < 4.78 is 0. The van der Waals surface area contributed by atoms with Crippen LogP contribution >= 0.6 is 11.3 Å². The van der Waals surface area contributed by atoms with Crippen LogP contribution in [0.25, 0.3) is 0 Å². The highest BCUT2D eigenvalue weighted by Gasteiger charge is 2.35. The van der Waals surface area contributed by atoms with E-state index in [0.717, 1.165) is 10.6 Å². The van der Waals surface area contributed by atoms with Crippen LogP contribution in [0.2, 0.25) is 0 Å². The second kappa shape index (κ2) is 4.51. The Balaban J connectivity index is 2.11. The molecule has 1 unspecified atom stereocenters. The molecule has 0 saturated heterocycles. The zero-order valence-corrected chi connectivity index (χ0v) is 10.5. The van der Waals surface area contributed by atoms with Gasteiger partial charge in [0.1, 0.15) is 4.88 Å². The number of thiazole rings is 1. The number of likely N-dealkylation sites (N-methyl/N-ethyl adjacent to an activating group) is 1. The Labute approximate surface area is 99.5 Å². The molecule has 0 radical (unpaired) electrons. The molecule has 1 aliphatic carbocycles. The van der Waals surface area contributed by atoms with E-state index in [1.807, 2.05) is 14.0 Å². The quantitative estimate of drug-likeness (QED) is 0.860. The van der Waals surface area contributed by atoms with Crippen molar-refractivity contribution in [2.75, 3.05) is 13.6 Å². The Bertz CT molecular complexity index is 386. The van der Waals surface area contributed by atoms with Crippen molar-refractivity contribution in [1.82, 2.24) is 9.88 Å². The molecule has 1 atom stereocenters. The van der Waals surface area contributed by atoms with Crippen LogP contribution in [-0.4, -0.2) is 35.4 Å². The first-order valence-corrected chi connectivity index (χ1v) is 6.40. The smallest absolute Gasteiger partial charge is 0.265 e. The number of carbonyl (C=O) groups excluding carboxylic acids is 1. The first-order valence-electron chi connectivity index (χ1n) is 5.52. The number of nitrogens with two attached hydrogens (primary N) is 1. The molecule has 1 heterocycles. The predicted octanol–water partition coefficient (Wildman–Crippen LogP) is 1.26. The molecule has 0 bridgehead atoms. The van der Waals surface area contributed by atoms with Crippen molar-refractivity contribution < 1.29 is 4.79 Å². The van der Waals surface area contributed by atoms with Gasteiger partial charge in [-0.15, -0.1) is 11.3 Å². The first kappa shape index (κ1) is 11.5. The van der Waals surface area contributed by atoms with Crippen molar-refractivity contribution in [3.8, 4) is 0 Å². The van der Waals surface area contributed by atoms with Crippen LogP contribution in [0.5, 0.6) is 0 Å². The van der Waals surface area contributed by atoms with Crippen LogP contribution in [0, 0.1) is 12.8 Å². The van der Waals surface area contributed by atoms with Gasteiger partial charge in [0.2, 0.25) is 0 Å². The van der Waals surface area contributed by atoms with E-state index in [1.165, 1.54) is 24.2 Å². The third kappa shape index (κ3) is 2.10. The lowest BCUT2D eigenvalue weighted by Crippen LogP contribution is -2.43. The number of hydrogen-bond acceptors (Lipinski definition) is 4. The molecule has 1 fully saturated rings. The molecule has 0 spiro atoms. The third-order valence-electron chi connectivity index (χ3n) is 3.17. The minimum absolute atomic E-state index is 0.0577. The number of hydrogen-bond donors (Lipinski definition) is 1. The van der Waals surface area contributed by atoms with Crippen molar-refractivity contribution in [3.63, 3.8) is 0 Å².